The molecule has 0 radical (unpaired) electrons. The molecule has 8 nitrogen and oxygen atoms in total. The molecule has 1 fully saturated rings. The summed E-state index contributed by atoms with van der Waals surface area (Å²) >= 11 is 0. The van der Waals surface area contributed by atoms with Crippen molar-refractivity contribution in [3.63, 3.8) is 0 Å². The number of aryl methyl sites for hydroxylation is 1. The molecular formula is C16H18N4O4. The minimum Gasteiger partial charge on any atom is -0.493 e. The molecule has 0 unspecified atom stereocenters. The molecule has 0 atom stereocenters. The van der Waals surface area contributed by atoms with E-state index in [0.717, 1.165) is 10.1 Å². The molecule has 1 aliphatic rings. The fourth-order valence-corrected chi connectivity index (χ4v) is 2.47. The summed E-state index contributed by atoms with van der Waals surface area (Å²) in [4.78, 5) is 26.3. The van der Waals surface area contributed by atoms with Gasteiger partial charge in [-0.25, -0.2) is 9.36 Å². The SMILES string of the molecule is Cc1cccc(-n2c(O)c(/C=N/N3CCOCC3)c(=O)[nH]c2=O)c1. The van der Waals surface area contributed by atoms with Gasteiger partial charge >= 0.3 is 5.69 Å². The van der Waals surface area contributed by atoms with Crippen LogP contribution in [0.3, 0.4) is 0 Å². The quantitative estimate of drug-likeness (QED) is 0.784. The van der Waals surface area contributed by atoms with Gasteiger partial charge in [0.2, 0.25) is 5.88 Å². The molecule has 24 heavy (non-hydrogen) atoms. The molecule has 8 heteroatoms. The van der Waals surface area contributed by atoms with Gasteiger partial charge in [0.15, 0.2) is 0 Å². The fraction of sp³-hybridized carbons (Fsp3) is 0.312. The normalized spacial score (nSPS) is 15.1. The van der Waals surface area contributed by atoms with E-state index in [1.807, 2.05) is 13.0 Å². The molecule has 1 aliphatic heterocycles. The standard InChI is InChI=1S/C16H18N4O4/c1-11-3-2-4-12(9-11)20-15(22)13(14(21)18-16(20)23)10-17-19-5-7-24-8-6-19/h2-4,9-10,22H,5-8H2,1H3,(H,18,21,23)/b17-10+. The maximum atomic E-state index is 12.1. The number of rotatable bonds is 3. The van der Waals surface area contributed by atoms with E-state index in [9.17, 15) is 14.7 Å². The zero-order chi connectivity index (χ0) is 17.1. The highest BCUT2D eigenvalue weighted by molar-refractivity contribution is 5.82. The van der Waals surface area contributed by atoms with E-state index in [0.29, 0.717) is 32.0 Å². The Labute approximate surface area is 137 Å². The minimum atomic E-state index is -0.702. The minimum absolute atomic E-state index is 0.0670. The third-order valence-electron chi connectivity index (χ3n) is 3.72. The second kappa shape index (κ2) is 6.71. The number of hydrogen-bond acceptors (Lipinski definition) is 6. The number of aromatic nitrogens is 2. The van der Waals surface area contributed by atoms with Gasteiger partial charge in [0.05, 0.1) is 38.2 Å². The van der Waals surface area contributed by atoms with Crippen molar-refractivity contribution in [2.75, 3.05) is 26.3 Å². The Hall–Kier alpha value is -2.87. The van der Waals surface area contributed by atoms with E-state index in [4.69, 9.17) is 4.74 Å². The van der Waals surface area contributed by atoms with Crippen molar-refractivity contribution in [1.29, 1.82) is 0 Å². The van der Waals surface area contributed by atoms with Crippen LogP contribution >= 0.6 is 0 Å². The zero-order valence-corrected chi connectivity index (χ0v) is 13.2. The maximum Gasteiger partial charge on any atom is 0.335 e. The van der Waals surface area contributed by atoms with Crippen LogP contribution in [0.4, 0.5) is 0 Å². The number of ether oxygens (including phenoxy) is 1. The summed E-state index contributed by atoms with van der Waals surface area (Å²) in [6.07, 6.45) is 1.27. The third kappa shape index (κ3) is 3.23. The molecule has 0 amide bonds. The van der Waals surface area contributed by atoms with Gasteiger partial charge in [0, 0.05) is 0 Å². The van der Waals surface area contributed by atoms with E-state index >= 15 is 0 Å². The van der Waals surface area contributed by atoms with E-state index in [2.05, 4.69) is 10.1 Å². The average molecular weight is 330 g/mol. The van der Waals surface area contributed by atoms with Crippen LogP contribution in [0.5, 0.6) is 5.88 Å². The number of nitrogens with zero attached hydrogens (tertiary/aromatic N) is 3. The van der Waals surface area contributed by atoms with Gasteiger partial charge in [-0.2, -0.15) is 5.10 Å². The Balaban J connectivity index is 2.04. The summed E-state index contributed by atoms with van der Waals surface area (Å²) in [5, 5.41) is 16.4. The molecule has 1 aromatic heterocycles. The summed E-state index contributed by atoms with van der Waals surface area (Å²) in [6, 6.07) is 7.05. The molecule has 1 saturated heterocycles. The van der Waals surface area contributed by atoms with Crippen molar-refractivity contribution in [3.8, 4) is 11.6 Å². The first kappa shape index (κ1) is 16.0. The molecule has 0 spiro atoms. The number of aromatic hydroxyl groups is 1. The zero-order valence-electron chi connectivity index (χ0n) is 13.2. The van der Waals surface area contributed by atoms with Gasteiger partial charge in [0.1, 0.15) is 5.56 Å². The second-order valence-electron chi connectivity index (χ2n) is 5.48. The smallest absolute Gasteiger partial charge is 0.335 e. The van der Waals surface area contributed by atoms with Gasteiger partial charge in [0.25, 0.3) is 5.56 Å². The number of benzene rings is 1. The van der Waals surface area contributed by atoms with E-state index < -0.39 is 17.1 Å². The van der Waals surface area contributed by atoms with Crippen LogP contribution in [0.2, 0.25) is 0 Å². The lowest BCUT2D eigenvalue weighted by molar-refractivity contribution is 0.0396. The number of morpholine rings is 1. The van der Waals surface area contributed by atoms with Crippen LogP contribution in [-0.4, -0.2) is 52.2 Å². The summed E-state index contributed by atoms with van der Waals surface area (Å²) in [5.41, 5.74) is -0.0593. The van der Waals surface area contributed by atoms with Gasteiger partial charge in [-0.05, 0) is 24.6 Å². The predicted molar refractivity (Wildman–Crippen MR) is 89.0 cm³/mol. The Morgan fingerprint density at radius 3 is 2.75 bits per heavy atom. The highest BCUT2D eigenvalue weighted by Gasteiger charge is 2.15. The molecule has 3 rings (SSSR count). The van der Waals surface area contributed by atoms with Gasteiger partial charge in [-0.1, -0.05) is 12.1 Å². The van der Waals surface area contributed by atoms with Gasteiger partial charge in [-0.3, -0.25) is 14.8 Å². The molecule has 0 saturated carbocycles. The average Bonchev–Trinajstić information content (AvgIpc) is 2.55. The molecule has 0 aliphatic carbocycles. The summed E-state index contributed by atoms with van der Waals surface area (Å²) in [7, 11) is 0. The van der Waals surface area contributed by atoms with Crippen molar-refractivity contribution >= 4 is 6.21 Å². The molecule has 2 aromatic rings. The molecular weight excluding hydrogens is 312 g/mol. The van der Waals surface area contributed by atoms with Crippen LogP contribution in [0.15, 0.2) is 39.0 Å². The Kier molecular flexibility index (Phi) is 4.48. The van der Waals surface area contributed by atoms with Crippen LogP contribution in [-0.2, 0) is 4.74 Å². The molecule has 0 bridgehead atoms. The first-order valence-corrected chi connectivity index (χ1v) is 7.58. The molecule has 1 aromatic carbocycles. The first-order chi connectivity index (χ1) is 11.6. The molecule has 2 N–H and O–H groups in total. The molecule has 126 valence electrons. The Morgan fingerprint density at radius 2 is 2.04 bits per heavy atom. The number of H-pyrrole nitrogens is 1. The lowest BCUT2D eigenvalue weighted by atomic mass is 10.2. The van der Waals surface area contributed by atoms with Crippen LogP contribution < -0.4 is 11.2 Å². The summed E-state index contributed by atoms with van der Waals surface area (Å²) < 4.78 is 6.28. The summed E-state index contributed by atoms with van der Waals surface area (Å²) in [6.45, 7) is 4.20. The van der Waals surface area contributed by atoms with Crippen molar-refractivity contribution in [2.24, 2.45) is 5.10 Å². The number of hydrogen-bond donors (Lipinski definition) is 2. The van der Waals surface area contributed by atoms with Crippen molar-refractivity contribution < 1.29 is 9.84 Å². The fourth-order valence-electron chi connectivity index (χ4n) is 2.47. The lowest BCUT2D eigenvalue weighted by Gasteiger charge is -2.23. The Bertz CT molecular complexity index is 878. The topological polar surface area (TPSA) is 99.9 Å². The maximum absolute atomic E-state index is 12.1. The monoisotopic (exact) mass is 330 g/mol. The highest BCUT2D eigenvalue weighted by atomic mass is 16.5. The first-order valence-electron chi connectivity index (χ1n) is 7.58. The second-order valence-corrected chi connectivity index (χ2v) is 5.48. The van der Waals surface area contributed by atoms with Crippen molar-refractivity contribution in [3.05, 3.63) is 56.2 Å². The Morgan fingerprint density at radius 1 is 1.29 bits per heavy atom. The van der Waals surface area contributed by atoms with E-state index in [1.54, 1.807) is 23.2 Å². The van der Waals surface area contributed by atoms with Crippen molar-refractivity contribution in [1.82, 2.24) is 14.6 Å². The van der Waals surface area contributed by atoms with E-state index in [1.165, 1.54) is 6.21 Å². The third-order valence-corrected chi connectivity index (χ3v) is 3.72. The lowest BCUT2D eigenvalue weighted by Crippen LogP contribution is -2.34. The van der Waals surface area contributed by atoms with E-state index in [-0.39, 0.29) is 5.56 Å². The van der Waals surface area contributed by atoms with Crippen molar-refractivity contribution in [2.45, 2.75) is 6.92 Å². The highest BCUT2D eigenvalue weighted by Crippen LogP contribution is 2.16. The van der Waals surface area contributed by atoms with Gasteiger partial charge < -0.3 is 9.84 Å². The number of aromatic amines is 1. The summed E-state index contributed by atoms with van der Waals surface area (Å²) in [5.74, 6) is -0.439. The molecule has 2 heterocycles. The van der Waals surface area contributed by atoms with Crippen LogP contribution in [0.25, 0.3) is 5.69 Å². The van der Waals surface area contributed by atoms with Gasteiger partial charge in [-0.15, -0.1) is 0 Å². The van der Waals surface area contributed by atoms with Crippen LogP contribution in [0, 0.1) is 6.92 Å². The number of hydrazone groups is 1. The largest absolute Gasteiger partial charge is 0.493 e. The number of nitrogens with one attached hydrogen (secondary N) is 1. The van der Waals surface area contributed by atoms with Crippen LogP contribution in [0.1, 0.15) is 11.1 Å². The predicted octanol–water partition coefficient (Wildman–Crippen LogP) is 0.206.